The van der Waals surface area contributed by atoms with Crippen molar-refractivity contribution in [2.75, 3.05) is 0 Å². The van der Waals surface area contributed by atoms with Gasteiger partial charge in [0.2, 0.25) is 0 Å². The van der Waals surface area contributed by atoms with Gasteiger partial charge in [0.15, 0.2) is 0 Å². The summed E-state index contributed by atoms with van der Waals surface area (Å²) in [6.45, 7) is 4.31. The highest BCUT2D eigenvalue weighted by Gasteiger charge is 2.19. The molecule has 0 aromatic heterocycles. The average molecular weight is 194 g/mol. The lowest BCUT2D eigenvalue weighted by atomic mass is 9.85. The van der Waals surface area contributed by atoms with Crippen molar-refractivity contribution >= 4 is 0 Å². The van der Waals surface area contributed by atoms with Crippen LogP contribution in [0.2, 0.25) is 0 Å². The Kier molecular flexibility index (Phi) is 5.04. The van der Waals surface area contributed by atoms with Crippen LogP contribution in [0.1, 0.15) is 52.4 Å². The van der Waals surface area contributed by atoms with E-state index >= 15 is 0 Å². The molecule has 1 heteroatoms. The lowest BCUT2D eigenvalue weighted by Gasteiger charge is -2.23. The fourth-order valence-corrected chi connectivity index (χ4v) is 1.94. The zero-order valence-corrected chi connectivity index (χ0v) is 9.42. The summed E-state index contributed by atoms with van der Waals surface area (Å²) in [5.74, 6) is 7.13. The first-order chi connectivity index (χ1) is 6.70. The number of hydrogen-bond acceptors (Lipinski definition) is 1. The van der Waals surface area contributed by atoms with E-state index in [0.717, 1.165) is 19.3 Å². The third-order valence-corrected chi connectivity index (χ3v) is 2.86. The van der Waals surface area contributed by atoms with Gasteiger partial charge in [-0.3, -0.25) is 0 Å². The van der Waals surface area contributed by atoms with E-state index in [9.17, 15) is 5.11 Å². The molecule has 1 fully saturated rings. The van der Waals surface area contributed by atoms with E-state index in [0.29, 0.717) is 11.8 Å². The van der Waals surface area contributed by atoms with Crippen LogP contribution in [0.5, 0.6) is 0 Å². The molecule has 80 valence electrons. The minimum absolute atomic E-state index is 0.367. The molecule has 1 aliphatic carbocycles. The van der Waals surface area contributed by atoms with E-state index < -0.39 is 0 Å². The van der Waals surface area contributed by atoms with E-state index in [1.54, 1.807) is 0 Å². The maximum atomic E-state index is 9.81. The second-order valence-corrected chi connectivity index (χ2v) is 4.76. The lowest BCUT2D eigenvalue weighted by Crippen LogP contribution is -2.21. The van der Waals surface area contributed by atoms with Gasteiger partial charge >= 0.3 is 0 Å². The second kappa shape index (κ2) is 6.09. The van der Waals surface area contributed by atoms with Gasteiger partial charge in [-0.2, -0.15) is 0 Å². The predicted molar refractivity (Wildman–Crippen MR) is 59.8 cm³/mol. The smallest absolute Gasteiger partial charge is 0.117 e. The molecule has 1 atom stereocenters. The van der Waals surface area contributed by atoms with Gasteiger partial charge in [-0.1, -0.05) is 39.0 Å². The molecule has 0 aromatic carbocycles. The van der Waals surface area contributed by atoms with E-state index in [4.69, 9.17) is 0 Å². The summed E-state index contributed by atoms with van der Waals surface area (Å²) in [5, 5.41) is 9.81. The molecule has 14 heavy (non-hydrogen) atoms. The Bertz CT molecular complexity index is 203. The Balaban J connectivity index is 2.30. The Morgan fingerprint density at radius 3 is 2.43 bits per heavy atom. The van der Waals surface area contributed by atoms with Crippen LogP contribution in [0, 0.1) is 23.7 Å². The van der Waals surface area contributed by atoms with Crippen LogP contribution < -0.4 is 0 Å². The van der Waals surface area contributed by atoms with Gasteiger partial charge in [-0.15, -0.1) is 5.92 Å². The molecule has 0 radical (unpaired) electrons. The molecule has 1 aliphatic rings. The first kappa shape index (κ1) is 11.6. The topological polar surface area (TPSA) is 20.2 Å². The van der Waals surface area contributed by atoms with Crippen molar-refractivity contribution in [1.29, 1.82) is 0 Å². The Labute approximate surface area is 87.9 Å². The van der Waals surface area contributed by atoms with Crippen LogP contribution >= 0.6 is 0 Å². The maximum absolute atomic E-state index is 9.81. The highest BCUT2D eigenvalue weighted by molar-refractivity contribution is 5.06. The highest BCUT2D eigenvalue weighted by Crippen LogP contribution is 2.26. The van der Waals surface area contributed by atoms with Crippen molar-refractivity contribution in [3.05, 3.63) is 0 Å². The summed E-state index contributed by atoms with van der Waals surface area (Å²) in [6, 6.07) is 0. The van der Waals surface area contributed by atoms with E-state index in [-0.39, 0.29) is 6.10 Å². The van der Waals surface area contributed by atoms with Gasteiger partial charge in [0.25, 0.3) is 0 Å². The fraction of sp³-hybridized carbons (Fsp3) is 0.846. The molecule has 1 nitrogen and oxygen atoms in total. The standard InChI is InChI=1S/C13H22O/c1-11(2)7-6-10-13(14)12-8-4-3-5-9-12/h11-14H,3-5,7-9H2,1-2H3. The van der Waals surface area contributed by atoms with Crippen LogP contribution in [0.25, 0.3) is 0 Å². The van der Waals surface area contributed by atoms with Crippen LogP contribution in [0.3, 0.4) is 0 Å². The molecule has 0 bridgehead atoms. The Morgan fingerprint density at radius 2 is 1.86 bits per heavy atom. The molecule has 1 N–H and O–H groups in total. The van der Waals surface area contributed by atoms with Gasteiger partial charge in [-0.25, -0.2) is 0 Å². The number of aliphatic hydroxyl groups is 1. The summed E-state index contributed by atoms with van der Waals surface area (Å²) >= 11 is 0. The Morgan fingerprint density at radius 1 is 1.21 bits per heavy atom. The third-order valence-electron chi connectivity index (χ3n) is 2.86. The molecule has 0 heterocycles. The predicted octanol–water partition coefficient (Wildman–Crippen LogP) is 2.98. The first-order valence-corrected chi connectivity index (χ1v) is 5.86. The third kappa shape index (κ3) is 4.15. The maximum Gasteiger partial charge on any atom is 0.117 e. The molecular weight excluding hydrogens is 172 g/mol. The lowest BCUT2D eigenvalue weighted by molar-refractivity contribution is 0.133. The second-order valence-electron chi connectivity index (χ2n) is 4.76. The summed E-state index contributed by atoms with van der Waals surface area (Å²) in [7, 11) is 0. The molecule has 0 aromatic rings. The molecule has 0 aliphatic heterocycles. The molecule has 1 saturated carbocycles. The number of rotatable bonds is 2. The van der Waals surface area contributed by atoms with Crippen molar-refractivity contribution in [3.8, 4) is 11.8 Å². The van der Waals surface area contributed by atoms with E-state index in [1.807, 2.05) is 0 Å². The van der Waals surface area contributed by atoms with Crippen LogP contribution in [-0.2, 0) is 0 Å². The van der Waals surface area contributed by atoms with Crippen molar-refractivity contribution in [2.24, 2.45) is 11.8 Å². The summed E-state index contributed by atoms with van der Waals surface area (Å²) in [5.41, 5.74) is 0. The fourth-order valence-electron chi connectivity index (χ4n) is 1.94. The minimum Gasteiger partial charge on any atom is -0.380 e. The quantitative estimate of drug-likeness (QED) is 0.670. The average Bonchev–Trinajstić information content (AvgIpc) is 2.18. The Hall–Kier alpha value is -0.480. The zero-order chi connectivity index (χ0) is 10.4. The summed E-state index contributed by atoms with van der Waals surface area (Å²) < 4.78 is 0. The van der Waals surface area contributed by atoms with Gasteiger partial charge in [-0.05, 0) is 24.7 Å². The highest BCUT2D eigenvalue weighted by atomic mass is 16.3. The molecular formula is C13H22O. The van der Waals surface area contributed by atoms with Crippen LogP contribution in [-0.4, -0.2) is 11.2 Å². The minimum atomic E-state index is -0.367. The van der Waals surface area contributed by atoms with Crippen molar-refractivity contribution in [2.45, 2.75) is 58.5 Å². The molecule has 0 spiro atoms. The SMILES string of the molecule is CC(C)CC#CC(O)C1CCCCC1. The van der Waals surface area contributed by atoms with Crippen molar-refractivity contribution < 1.29 is 5.11 Å². The van der Waals surface area contributed by atoms with Gasteiger partial charge in [0, 0.05) is 6.42 Å². The first-order valence-electron chi connectivity index (χ1n) is 5.86. The van der Waals surface area contributed by atoms with Crippen LogP contribution in [0.15, 0.2) is 0 Å². The molecule has 0 amide bonds. The molecule has 1 unspecified atom stereocenters. The van der Waals surface area contributed by atoms with E-state index in [1.165, 1.54) is 19.3 Å². The number of aliphatic hydroxyl groups excluding tert-OH is 1. The van der Waals surface area contributed by atoms with Crippen molar-refractivity contribution in [3.63, 3.8) is 0 Å². The largest absolute Gasteiger partial charge is 0.380 e. The molecule has 1 rings (SSSR count). The van der Waals surface area contributed by atoms with Gasteiger partial charge < -0.3 is 5.11 Å². The zero-order valence-electron chi connectivity index (χ0n) is 9.42. The normalized spacial score (nSPS) is 20.3. The van der Waals surface area contributed by atoms with Crippen LogP contribution in [0.4, 0.5) is 0 Å². The van der Waals surface area contributed by atoms with Crippen molar-refractivity contribution in [1.82, 2.24) is 0 Å². The molecule has 0 saturated heterocycles. The summed E-state index contributed by atoms with van der Waals surface area (Å²) in [6.07, 6.45) is 6.75. The summed E-state index contributed by atoms with van der Waals surface area (Å²) in [4.78, 5) is 0. The van der Waals surface area contributed by atoms with Gasteiger partial charge in [0.05, 0.1) is 0 Å². The van der Waals surface area contributed by atoms with E-state index in [2.05, 4.69) is 25.7 Å². The van der Waals surface area contributed by atoms with Gasteiger partial charge in [0.1, 0.15) is 6.10 Å². The number of hydrogen-bond donors (Lipinski definition) is 1. The monoisotopic (exact) mass is 194 g/mol.